The van der Waals surface area contributed by atoms with Gasteiger partial charge in [-0.3, -0.25) is 0 Å². The molecule has 1 heterocycles. The number of aliphatic hydroxyl groups excluding tert-OH is 1. The smallest absolute Gasteiger partial charge is 0.0931 e. The molecule has 0 bridgehead atoms. The molecule has 4 heteroatoms. The van der Waals surface area contributed by atoms with Gasteiger partial charge >= 0.3 is 0 Å². The molecule has 90 valence electrons. The predicted octanol–water partition coefficient (Wildman–Crippen LogP) is 3.04. The van der Waals surface area contributed by atoms with Gasteiger partial charge in [0.2, 0.25) is 0 Å². The summed E-state index contributed by atoms with van der Waals surface area (Å²) in [4.78, 5) is 1.26. The third-order valence-electron chi connectivity index (χ3n) is 3.20. The van der Waals surface area contributed by atoms with Crippen molar-refractivity contribution in [2.24, 2.45) is 5.92 Å². The zero-order valence-electron chi connectivity index (χ0n) is 9.29. The van der Waals surface area contributed by atoms with Gasteiger partial charge in [0.15, 0.2) is 0 Å². The quantitative estimate of drug-likeness (QED) is 0.871. The first kappa shape index (κ1) is 12.4. The maximum absolute atomic E-state index is 9.81. The monoisotopic (exact) mass is 259 g/mol. The van der Waals surface area contributed by atoms with Crippen LogP contribution in [0.25, 0.3) is 0 Å². The molecule has 0 radical (unpaired) electrons. The fourth-order valence-corrected chi connectivity index (χ4v) is 3.31. The van der Waals surface area contributed by atoms with Crippen LogP contribution in [-0.2, 0) is 6.54 Å². The van der Waals surface area contributed by atoms with Crippen molar-refractivity contribution in [1.82, 2.24) is 5.32 Å². The normalized spacial score (nSPS) is 25.9. The summed E-state index contributed by atoms with van der Waals surface area (Å²) in [6.07, 6.45) is 4.45. The zero-order valence-corrected chi connectivity index (χ0v) is 10.9. The molecule has 1 fully saturated rings. The van der Waals surface area contributed by atoms with Gasteiger partial charge < -0.3 is 10.4 Å². The number of aliphatic hydroxyl groups is 1. The number of thiophene rings is 1. The Labute approximate surface area is 106 Å². The van der Waals surface area contributed by atoms with Crippen LogP contribution in [0.15, 0.2) is 12.1 Å². The molecule has 2 atom stereocenters. The highest BCUT2D eigenvalue weighted by Gasteiger charge is 2.22. The summed E-state index contributed by atoms with van der Waals surface area (Å²) in [5, 5.41) is 13.2. The van der Waals surface area contributed by atoms with E-state index in [0.717, 1.165) is 30.3 Å². The van der Waals surface area contributed by atoms with Crippen molar-refractivity contribution in [3.05, 3.63) is 21.3 Å². The van der Waals surface area contributed by atoms with Crippen molar-refractivity contribution in [1.29, 1.82) is 0 Å². The van der Waals surface area contributed by atoms with Crippen LogP contribution in [0.1, 0.15) is 30.6 Å². The number of hydrogen-bond donors (Lipinski definition) is 2. The minimum atomic E-state index is -0.104. The van der Waals surface area contributed by atoms with Gasteiger partial charge in [0.05, 0.1) is 10.4 Å². The molecule has 1 saturated carbocycles. The first-order valence-electron chi connectivity index (χ1n) is 5.88. The van der Waals surface area contributed by atoms with Crippen LogP contribution in [0, 0.1) is 5.92 Å². The lowest BCUT2D eigenvalue weighted by Crippen LogP contribution is -2.33. The second-order valence-corrected chi connectivity index (χ2v) is 6.25. The van der Waals surface area contributed by atoms with Crippen molar-refractivity contribution < 1.29 is 5.11 Å². The molecular formula is C12H18ClNOS. The Bertz CT molecular complexity index is 329. The molecule has 0 aliphatic heterocycles. The average molecular weight is 260 g/mol. The highest BCUT2D eigenvalue weighted by Crippen LogP contribution is 2.24. The van der Waals surface area contributed by atoms with Crippen molar-refractivity contribution in [2.45, 2.75) is 38.3 Å². The van der Waals surface area contributed by atoms with E-state index in [-0.39, 0.29) is 6.10 Å². The first-order valence-corrected chi connectivity index (χ1v) is 7.08. The second kappa shape index (κ2) is 6.01. The fourth-order valence-electron chi connectivity index (χ4n) is 2.25. The van der Waals surface area contributed by atoms with Gasteiger partial charge in [0.25, 0.3) is 0 Å². The van der Waals surface area contributed by atoms with E-state index in [2.05, 4.69) is 11.4 Å². The Morgan fingerprint density at radius 1 is 1.38 bits per heavy atom. The van der Waals surface area contributed by atoms with Crippen molar-refractivity contribution >= 4 is 22.9 Å². The molecule has 2 nitrogen and oxygen atoms in total. The van der Waals surface area contributed by atoms with Crippen LogP contribution in [0.5, 0.6) is 0 Å². The van der Waals surface area contributed by atoms with Gasteiger partial charge in [0.1, 0.15) is 0 Å². The van der Waals surface area contributed by atoms with Gasteiger partial charge in [-0.05, 0) is 30.9 Å². The minimum Gasteiger partial charge on any atom is -0.393 e. The lowest BCUT2D eigenvalue weighted by molar-refractivity contribution is 0.0695. The summed E-state index contributed by atoms with van der Waals surface area (Å²) >= 11 is 7.48. The lowest BCUT2D eigenvalue weighted by Gasteiger charge is -2.27. The first-order chi connectivity index (χ1) is 7.75. The van der Waals surface area contributed by atoms with E-state index >= 15 is 0 Å². The number of nitrogens with one attached hydrogen (secondary N) is 1. The van der Waals surface area contributed by atoms with Gasteiger partial charge in [0, 0.05) is 18.0 Å². The van der Waals surface area contributed by atoms with Crippen LogP contribution in [0.4, 0.5) is 0 Å². The van der Waals surface area contributed by atoms with Crippen LogP contribution >= 0.6 is 22.9 Å². The van der Waals surface area contributed by atoms with Crippen LogP contribution in [0.3, 0.4) is 0 Å². The Kier molecular flexibility index (Phi) is 4.65. The van der Waals surface area contributed by atoms with Gasteiger partial charge in [-0.2, -0.15) is 0 Å². The fraction of sp³-hybridized carbons (Fsp3) is 0.667. The molecule has 1 aromatic rings. The third kappa shape index (κ3) is 3.45. The van der Waals surface area contributed by atoms with E-state index in [9.17, 15) is 5.11 Å². The number of rotatable bonds is 4. The molecule has 0 amide bonds. The van der Waals surface area contributed by atoms with Gasteiger partial charge in [-0.1, -0.05) is 24.4 Å². The number of hydrogen-bond acceptors (Lipinski definition) is 3. The third-order valence-corrected chi connectivity index (χ3v) is 4.43. The molecule has 1 aromatic heterocycles. The second-order valence-electron chi connectivity index (χ2n) is 4.45. The lowest BCUT2D eigenvalue weighted by atomic mass is 9.86. The van der Waals surface area contributed by atoms with Crippen molar-refractivity contribution in [2.75, 3.05) is 6.54 Å². The van der Waals surface area contributed by atoms with E-state index in [0.29, 0.717) is 5.92 Å². The molecule has 0 spiro atoms. The Morgan fingerprint density at radius 3 is 2.88 bits per heavy atom. The molecule has 2 rings (SSSR count). The molecule has 0 saturated heterocycles. The van der Waals surface area contributed by atoms with E-state index in [1.54, 1.807) is 11.3 Å². The van der Waals surface area contributed by atoms with Gasteiger partial charge in [-0.25, -0.2) is 0 Å². The SMILES string of the molecule is OC1CCCCC1CNCc1ccc(Cl)s1. The Balaban J connectivity index is 1.71. The average Bonchev–Trinajstić information content (AvgIpc) is 2.67. The number of halogens is 1. The van der Waals surface area contributed by atoms with Crippen LogP contribution in [-0.4, -0.2) is 17.8 Å². The van der Waals surface area contributed by atoms with Crippen LogP contribution in [0.2, 0.25) is 4.34 Å². The van der Waals surface area contributed by atoms with Crippen molar-refractivity contribution in [3.8, 4) is 0 Å². The maximum Gasteiger partial charge on any atom is 0.0931 e. The molecule has 1 aliphatic carbocycles. The molecular weight excluding hydrogens is 242 g/mol. The molecule has 16 heavy (non-hydrogen) atoms. The maximum atomic E-state index is 9.81. The van der Waals surface area contributed by atoms with E-state index in [4.69, 9.17) is 11.6 Å². The Hall–Kier alpha value is -0.0900. The van der Waals surface area contributed by atoms with Crippen LogP contribution < -0.4 is 5.32 Å². The van der Waals surface area contributed by atoms with E-state index in [1.165, 1.54) is 17.7 Å². The summed E-state index contributed by atoms with van der Waals surface area (Å²) in [5.74, 6) is 0.434. The van der Waals surface area contributed by atoms with Gasteiger partial charge in [-0.15, -0.1) is 11.3 Å². The summed E-state index contributed by atoms with van der Waals surface area (Å²) in [6, 6.07) is 3.98. The molecule has 1 aliphatic rings. The topological polar surface area (TPSA) is 32.3 Å². The minimum absolute atomic E-state index is 0.104. The summed E-state index contributed by atoms with van der Waals surface area (Å²) in [5.41, 5.74) is 0. The standard InChI is InChI=1S/C12H18ClNOS/c13-12-6-5-10(16-12)8-14-7-9-3-1-2-4-11(9)15/h5-6,9,11,14-15H,1-4,7-8H2. The predicted molar refractivity (Wildman–Crippen MR) is 69.0 cm³/mol. The molecule has 2 N–H and O–H groups in total. The summed E-state index contributed by atoms with van der Waals surface area (Å²) < 4.78 is 0.842. The summed E-state index contributed by atoms with van der Waals surface area (Å²) in [6.45, 7) is 1.78. The highest BCUT2D eigenvalue weighted by atomic mass is 35.5. The van der Waals surface area contributed by atoms with Crippen molar-refractivity contribution in [3.63, 3.8) is 0 Å². The Morgan fingerprint density at radius 2 is 2.19 bits per heavy atom. The largest absolute Gasteiger partial charge is 0.393 e. The highest BCUT2D eigenvalue weighted by molar-refractivity contribution is 7.16. The molecule has 0 aromatic carbocycles. The zero-order chi connectivity index (χ0) is 11.4. The molecule has 2 unspecified atom stereocenters. The summed E-state index contributed by atoms with van der Waals surface area (Å²) in [7, 11) is 0. The van der Waals surface area contributed by atoms with E-state index in [1.807, 2.05) is 6.07 Å². The van der Waals surface area contributed by atoms with E-state index < -0.39 is 0 Å².